The van der Waals surface area contributed by atoms with Crippen LogP contribution < -0.4 is 5.32 Å². The molecule has 2 amide bonds. The SMILES string of the molecule is CCOC(=O)CN(CC)C(=O)NC(C)(C)CC(=O)O. The minimum atomic E-state index is -1.00. The van der Waals surface area contributed by atoms with Gasteiger partial charge in [-0.25, -0.2) is 4.79 Å². The lowest BCUT2D eigenvalue weighted by molar-refractivity contribution is -0.144. The first kappa shape index (κ1) is 17.2. The predicted molar refractivity (Wildman–Crippen MR) is 68.7 cm³/mol. The number of likely N-dealkylation sites (N-methyl/N-ethyl adjacent to an activating group) is 1. The molecule has 0 aliphatic heterocycles. The van der Waals surface area contributed by atoms with Crippen LogP contribution in [0.2, 0.25) is 0 Å². The van der Waals surface area contributed by atoms with Gasteiger partial charge in [0.2, 0.25) is 0 Å². The second-order valence-electron chi connectivity index (χ2n) is 4.70. The summed E-state index contributed by atoms with van der Waals surface area (Å²) in [4.78, 5) is 35.2. The van der Waals surface area contributed by atoms with Crippen molar-refractivity contribution < 1.29 is 24.2 Å². The van der Waals surface area contributed by atoms with Crippen LogP contribution in [0.3, 0.4) is 0 Å². The minimum Gasteiger partial charge on any atom is -0.481 e. The predicted octanol–water partition coefficient (Wildman–Crippen LogP) is 0.834. The highest BCUT2D eigenvalue weighted by molar-refractivity contribution is 5.82. The van der Waals surface area contributed by atoms with E-state index < -0.39 is 23.5 Å². The molecule has 0 aliphatic rings. The second-order valence-corrected chi connectivity index (χ2v) is 4.70. The fourth-order valence-corrected chi connectivity index (χ4v) is 1.48. The normalized spacial score (nSPS) is 10.7. The van der Waals surface area contributed by atoms with Crippen molar-refractivity contribution in [2.45, 2.75) is 39.7 Å². The van der Waals surface area contributed by atoms with Gasteiger partial charge in [0.15, 0.2) is 0 Å². The molecule has 0 bridgehead atoms. The molecule has 0 spiro atoms. The van der Waals surface area contributed by atoms with Crippen molar-refractivity contribution in [2.24, 2.45) is 0 Å². The van der Waals surface area contributed by atoms with Crippen molar-refractivity contribution in [3.63, 3.8) is 0 Å². The highest BCUT2D eigenvalue weighted by Crippen LogP contribution is 2.09. The zero-order chi connectivity index (χ0) is 15.1. The molecule has 2 N–H and O–H groups in total. The Balaban J connectivity index is 4.51. The van der Waals surface area contributed by atoms with Crippen LogP contribution in [-0.4, -0.2) is 53.2 Å². The van der Waals surface area contributed by atoms with Crippen LogP contribution in [0.5, 0.6) is 0 Å². The number of rotatable bonds is 7. The number of urea groups is 1. The molecule has 0 aromatic carbocycles. The number of carboxylic acid groups (broad SMARTS) is 1. The van der Waals surface area contributed by atoms with Gasteiger partial charge in [-0.1, -0.05) is 0 Å². The summed E-state index contributed by atoms with van der Waals surface area (Å²) in [5.74, 6) is -1.49. The van der Waals surface area contributed by atoms with E-state index in [0.29, 0.717) is 6.54 Å². The number of nitrogens with one attached hydrogen (secondary N) is 1. The molecule has 19 heavy (non-hydrogen) atoms. The number of hydrogen-bond acceptors (Lipinski definition) is 4. The number of nitrogens with zero attached hydrogens (tertiary/aromatic N) is 1. The van der Waals surface area contributed by atoms with Crippen LogP contribution in [0.15, 0.2) is 0 Å². The largest absolute Gasteiger partial charge is 0.481 e. The molecule has 0 fully saturated rings. The number of hydrogen-bond donors (Lipinski definition) is 2. The van der Waals surface area contributed by atoms with Gasteiger partial charge in [0, 0.05) is 12.1 Å². The summed E-state index contributed by atoms with van der Waals surface area (Å²) >= 11 is 0. The topological polar surface area (TPSA) is 95.9 Å². The van der Waals surface area contributed by atoms with Gasteiger partial charge in [-0.05, 0) is 27.7 Å². The second kappa shape index (κ2) is 7.60. The summed E-state index contributed by atoms with van der Waals surface area (Å²) < 4.78 is 4.76. The molecule has 0 saturated carbocycles. The molecule has 7 heteroatoms. The Kier molecular flexibility index (Phi) is 6.89. The molecule has 0 radical (unpaired) electrons. The quantitative estimate of drug-likeness (QED) is 0.670. The van der Waals surface area contributed by atoms with Crippen molar-refractivity contribution in [2.75, 3.05) is 19.7 Å². The molecular formula is C12H22N2O5. The molecule has 0 aromatic rings. The Hall–Kier alpha value is -1.79. The molecular weight excluding hydrogens is 252 g/mol. The van der Waals surface area contributed by atoms with E-state index in [1.165, 1.54) is 4.90 Å². The molecule has 0 unspecified atom stereocenters. The Morgan fingerprint density at radius 2 is 1.84 bits per heavy atom. The summed E-state index contributed by atoms with van der Waals surface area (Å²) in [6.45, 7) is 7.05. The van der Waals surface area contributed by atoms with E-state index >= 15 is 0 Å². The number of esters is 1. The van der Waals surface area contributed by atoms with E-state index in [1.54, 1.807) is 27.7 Å². The van der Waals surface area contributed by atoms with Gasteiger partial charge in [-0.15, -0.1) is 0 Å². The standard InChI is InChI=1S/C12H22N2O5/c1-5-14(8-10(17)19-6-2)11(18)13-12(3,4)7-9(15)16/h5-8H2,1-4H3,(H,13,18)(H,15,16). The first-order valence-corrected chi connectivity index (χ1v) is 6.16. The van der Waals surface area contributed by atoms with Crippen LogP contribution in [0, 0.1) is 0 Å². The number of aliphatic carboxylic acids is 1. The Morgan fingerprint density at radius 1 is 1.26 bits per heavy atom. The van der Waals surface area contributed by atoms with E-state index in [2.05, 4.69) is 5.32 Å². The number of carbonyl (C=O) groups excluding carboxylic acids is 2. The monoisotopic (exact) mass is 274 g/mol. The van der Waals surface area contributed by atoms with Gasteiger partial charge < -0.3 is 20.1 Å². The van der Waals surface area contributed by atoms with Crippen molar-refractivity contribution in [3.8, 4) is 0 Å². The maximum atomic E-state index is 11.9. The number of carboxylic acids is 1. The molecule has 0 rings (SSSR count). The third-order valence-corrected chi connectivity index (χ3v) is 2.33. The molecule has 7 nitrogen and oxygen atoms in total. The average molecular weight is 274 g/mol. The lowest BCUT2D eigenvalue weighted by atomic mass is 10.0. The number of amides is 2. The third-order valence-electron chi connectivity index (χ3n) is 2.33. The van der Waals surface area contributed by atoms with Gasteiger partial charge in [0.1, 0.15) is 6.54 Å². The maximum Gasteiger partial charge on any atom is 0.325 e. The zero-order valence-electron chi connectivity index (χ0n) is 11.9. The molecule has 110 valence electrons. The molecule has 0 saturated heterocycles. The van der Waals surface area contributed by atoms with E-state index in [1.807, 2.05) is 0 Å². The summed E-state index contributed by atoms with van der Waals surface area (Å²) in [5, 5.41) is 11.3. The fraction of sp³-hybridized carbons (Fsp3) is 0.750. The van der Waals surface area contributed by atoms with Gasteiger partial charge >= 0.3 is 18.0 Å². The first-order valence-electron chi connectivity index (χ1n) is 6.16. The minimum absolute atomic E-state index is 0.153. The Labute approximate surface area is 112 Å². The highest BCUT2D eigenvalue weighted by atomic mass is 16.5. The van der Waals surface area contributed by atoms with Gasteiger partial charge in [0.25, 0.3) is 0 Å². The molecule has 0 atom stereocenters. The summed E-state index contributed by atoms with van der Waals surface area (Å²) in [7, 11) is 0. The van der Waals surface area contributed by atoms with Crippen molar-refractivity contribution in [1.82, 2.24) is 10.2 Å². The molecule has 0 heterocycles. The van der Waals surface area contributed by atoms with Gasteiger partial charge in [-0.2, -0.15) is 0 Å². The van der Waals surface area contributed by atoms with Crippen LogP contribution in [0.1, 0.15) is 34.1 Å². The van der Waals surface area contributed by atoms with Crippen molar-refractivity contribution in [3.05, 3.63) is 0 Å². The summed E-state index contributed by atoms with van der Waals surface area (Å²) in [5.41, 5.74) is -0.884. The third kappa shape index (κ3) is 7.28. The van der Waals surface area contributed by atoms with Crippen LogP contribution in [0.4, 0.5) is 4.79 Å². The average Bonchev–Trinajstić information content (AvgIpc) is 2.23. The van der Waals surface area contributed by atoms with Crippen molar-refractivity contribution >= 4 is 18.0 Å². The van der Waals surface area contributed by atoms with Gasteiger partial charge in [0.05, 0.1) is 13.0 Å². The van der Waals surface area contributed by atoms with Crippen LogP contribution >= 0.6 is 0 Å². The highest BCUT2D eigenvalue weighted by Gasteiger charge is 2.26. The zero-order valence-corrected chi connectivity index (χ0v) is 11.9. The lowest BCUT2D eigenvalue weighted by Gasteiger charge is -2.28. The van der Waals surface area contributed by atoms with Gasteiger partial charge in [-0.3, -0.25) is 9.59 Å². The van der Waals surface area contributed by atoms with E-state index in [9.17, 15) is 14.4 Å². The van der Waals surface area contributed by atoms with Crippen LogP contribution in [-0.2, 0) is 14.3 Å². The van der Waals surface area contributed by atoms with E-state index in [-0.39, 0.29) is 19.6 Å². The lowest BCUT2D eigenvalue weighted by Crippen LogP contribution is -2.52. The summed E-state index contributed by atoms with van der Waals surface area (Å²) in [6.07, 6.45) is -0.199. The molecule has 0 aliphatic carbocycles. The smallest absolute Gasteiger partial charge is 0.325 e. The number of ether oxygens (including phenoxy) is 1. The first-order chi connectivity index (χ1) is 8.71. The van der Waals surface area contributed by atoms with E-state index in [0.717, 1.165) is 0 Å². The fourth-order valence-electron chi connectivity index (χ4n) is 1.48. The van der Waals surface area contributed by atoms with E-state index in [4.69, 9.17) is 9.84 Å². The molecule has 0 aromatic heterocycles. The van der Waals surface area contributed by atoms with Crippen LogP contribution in [0.25, 0.3) is 0 Å². The van der Waals surface area contributed by atoms with Crippen molar-refractivity contribution in [1.29, 1.82) is 0 Å². The Bertz CT molecular complexity index is 341. The number of carbonyl (C=O) groups is 3. The maximum absolute atomic E-state index is 11.9. The Morgan fingerprint density at radius 3 is 2.26 bits per heavy atom. The summed E-state index contributed by atoms with van der Waals surface area (Å²) in [6, 6.07) is -0.484.